The minimum atomic E-state index is -4.13. The third kappa shape index (κ3) is 5.06. The predicted octanol–water partition coefficient (Wildman–Crippen LogP) is 6.94. The molecule has 0 bridgehead atoms. The Morgan fingerprint density at radius 2 is 1.57 bits per heavy atom. The van der Waals surface area contributed by atoms with Gasteiger partial charge in [-0.3, -0.25) is 9.59 Å². The average molecular weight is 537 g/mol. The molecule has 0 aromatic heterocycles. The molecule has 2 amide bonds. The van der Waals surface area contributed by atoms with E-state index in [9.17, 15) is 18.4 Å². The molecule has 30 heavy (non-hydrogen) atoms. The van der Waals surface area contributed by atoms with E-state index in [2.05, 4.69) is 16.9 Å². The quantitative estimate of drug-likeness (QED) is 0.407. The Bertz CT molecular complexity index is 1010. The second-order valence-corrected chi connectivity index (χ2v) is 9.67. The Morgan fingerprint density at radius 1 is 0.967 bits per heavy atom. The van der Waals surface area contributed by atoms with Gasteiger partial charge in [0.1, 0.15) is 4.33 Å². The van der Waals surface area contributed by atoms with Crippen molar-refractivity contribution in [2.45, 2.75) is 15.6 Å². The standard InChI is InChI=1S/C18H10Cl6F2N2O2/c19-8-3-7(4-9(20)5-8)13-14(17(13,22)23)15(29)27-10-1-2-11(21)12(6-10)28-16(30)18(24,25)26/h1-6,13-14H,(H,27,29)(H,28,30). The molecule has 0 heterocycles. The van der Waals surface area contributed by atoms with E-state index in [0.29, 0.717) is 15.6 Å². The van der Waals surface area contributed by atoms with E-state index < -0.39 is 33.4 Å². The molecule has 1 fully saturated rings. The van der Waals surface area contributed by atoms with Crippen molar-refractivity contribution in [2.75, 3.05) is 10.6 Å². The molecule has 1 saturated carbocycles. The lowest BCUT2D eigenvalue weighted by Crippen LogP contribution is -2.29. The third-order valence-electron chi connectivity index (χ3n) is 4.32. The number of amides is 2. The van der Waals surface area contributed by atoms with E-state index in [1.165, 1.54) is 24.3 Å². The van der Waals surface area contributed by atoms with Crippen LogP contribution in [0.15, 0.2) is 36.4 Å². The first-order chi connectivity index (χ1) is 13.8. The fourth-order valence-electron chi connectivity index (χ4n) is 2.93. The first-order valence-corrected chi connectivity index (χ1v) is 10.4. The summed E-state index contributed by atoms with van der Waals surface area (Å²) >= 11 is 35.2. The van der Waals surface area contributed by atoms with Gasteiger partial charge in [0, 0.05) is 21.7 Å². The highest BCUT2D eigenvalue weighted by Crippen LogP contribution is 2.65. The number of benzene rings is 2. The van der Waals surface area contributed by atoms with Crippen molar-refractivity contribution in [1.82, 2.24) is 0 Å². The van der Waals surface area contributed by atoms with Gasteiger partial charge in [-0.2, -0.15) is 8.78 Å². The Hall–Kier alpha value is -1.02. The van der Waals surface area contributed by atoms with Crippen LogP contribution >= 0.6 is 69.6 Å². The Labute approximate surface area is 199 Å². The lowest BCUT2D eigenvalue weighted by atomic mass is 10.1. The Kier molecular flexibility index (Phi) is 6.69. The smallest absolute Gasteiger partial charge is 0.326 e. The van der Waals surface area contributed by atoms with Crippen molar-refractivity contribution in [3.63, 3.8) is 0 Å². The number of hydrogen-bond donors (Lipinski definition) is 2. The number of rotatable bonds is 5. The van der Waals surface area contributed by atoms with Gasteiger partial charge in [0.15, 0.2) is 0 Å². The van der Waals surface area contributed by atoms with Crippen LogP contribution in [-0.2, 0) is 9.59 Å². The van der Waals surface area contributed by atoms with Gasteiger partial charge in [0.2, 0.25) is 5.91 Å². The summed E-state index contributed by atoms with van der Waals surface area (Å²) in [6, 6.07) is 8.64. The van der Waals surface area contributed by atoms with Crippen LogP contribution in [0.3, 0.4) is 0 Å². The summed E-state index contributed by atoms with van der Waals surface area (Å²) in [5.41, 5.74) is 0.583. The summed E-state index contributed by atoms with van der Waals surface area (Å²) in [7, 11) is 0. The van der Waals surface area contributed by atoms with Crippen molar-refractivity contribution in [3.05, 3.63) is 57.0 Å². The van der Waals surface area contributed by atoms with Gasteiger partial charge >= 0.3 is 11.3 Å². The molecular formula is C18H10Cl6F2N2O2. The largest absolute Gasteiger partial charge is 0.400 e. The van der Waals surface area contributed by atoms with E-state index in [0.717, 1.165) is 0 Å². The molecule has 2 N–H and O–H groups in total. The molecule has 1 aliphatic rings. The Morgan fingerprint density at radius 3 is 2.13 bits per heavy atom. The minimum Gasteiger partial charge on any atom is -0.326 e. The molecule has 2 aromatic rings. The van der Waals surface area contributed by atoms with Crippen LogP contribution in [0.2, 0.25) is 15.1 Å². The molecule has 0 spiro atoms. The normalized spacial score (nSPS) is 19.9. The van der Waals surface area contributed by atoms with Crippen LogP contribution in [-0.4, -0.2) is 21.5 Å². The average Bonchev–Trinajstić information content (AvgIpc) is 3.18. The van der Waals surface area contributed by atoms with Crippen molar-refractivity contribution < 1.29 is 18.4 Å². The summed E-state index contributed by atoms with van der Waals surface area (Å²) in [6.45, 7) is 0. The van der Waals surface area contributed by atoms with Crippen molar-refractivity contribution in [3.8, 4) is 0 Å². The maximum Gasteiger partial charge on any atom is 0.400 e. The van der Waals surface area contributed by atoms with Gasteiger partial charge in [-0.25, -0.2) is 0 Å². The fourth-order valence-corrected chi connectivity index (χ4v) is 4.52. The molecule has 0 saturated heterocycles. The number of alkyl halides is 5. The number of anilines is 2. The van der Waals surface area contributed by atoms with Gasteiger partial charge in [-0.1, -0.05) is 34.8 Å². The minimum absolute atomic E-state index is 0.0378. The van der Waals surface area contributed by atoms with E-state index >= 15 is 0 Å². The van der Waals surface area contributed by atoms with Gasteiger partial charge in [-0.15, -0.1) is 23.2 Å². The molecule has 2 unspecified atom stereocenters. The molecule has 2 aromatic carbocycles. The molecular weight excluding hydrogens is 527 g/mol. The summed E-state index contributed by atoms with van der Waals surface area (Å²) in [4.78, 5) is 24.1. The second kappa shape index (κ2) is 8.49. The van der Waals surface area contributed by atoms with Crippen molar-refractivity contribution in [1.29, 1.82) is 0 Å². The van der Waals surface area contributed by atoms with Crippen LogP contribution < -0.4 is 10.6 Å². The zero-order valence-corrected chi connectivity index (χ0v) is 19.0. The number of halogens is 8. The summed E-state index contributed by atoms with van der Waals surface area (Å²) in [5, 5.41) is 1.01. The van der Waals surface area contributed by atoms with Crippen LogP contribution in [0.5, 0.6) is 0 Å². The molecule has 2 atom stereocenters. The second-order valence-electron chi connectivity index (χ2n) is 6.47. The van der Waals surface area contributed by atoms with Crippen LogP contribution in [0.4, 0.5) is 20.2 Å². The molecule has 0 radical (unpaired) electrons. The zero-order chi connectivity index (χ0) is 22.4. The van der Waals surface area contributed by atoms with E-state index in [-0.39, 0.29) is 16.4 Å². The van der Waals surface area contributed by atoms with Crippen molar-refractivity contribution >= 4 is 92.8 Å². The molecule has 12 heteroatoms. The van der Waals surface area contributed by atoms with Gasteiger partial charge in [-0.05, 0) is 53.6 Å². The van der Waals surface area contributed by atoms with Gasteiger partial charge < -0.3 is 10.6 Å². The molecule has 160 valence electrons. The summed E-state index contributed by atoms with van der Waals surface area (Å²) in [6.07, 6.45) is 0. The van der Waals surface area contributed by atoms with E-state index in [1.807, 2.05) is 5.32 Å². The number of carbonyl (C=O) groups excluding carboxylic acids is 2. The highest BCUT2D eigenvalue weighted by Gasteiger charge is 2.67. The summed E-state index contributed by atoms with van der Waals surface area (Å²) in [5.74, 6) is -3.71. The number of hydrogen-bond acceptors (Lipinski definition) is 2. The van der Waals surface area contributed by atoms with E-state index in [4.69, 9.17) is 58.0 Å². The molecule has 0 aliphatic heterocycles. The predicted molar refractivity (Wildman–Crippen MR) is 117 cm³/mol. The highest BCUT2D eigenvalue weighted by atomic mass is 35.5. The summed E-state index contributed by atoms with van der Waals surface area (Å²) < 4.78 is 24.4. The maximum absolute atomic E-state index is 12.9. The molecule has 3 rings (SSSR count). The monoisotopic (exact) mass is 534 g/mol. The maximum atomic E-state index is 12.9. The molecule has 4 nitrogen and oxygen atoms in total. The van der Waals surface area contributed by atoms with Gasteiger partial charge in [0.05, 0.1) is 16.6 Å². The lowest BCUT2D eigenvalue weighted by Gasteiger charge is -2.12. The zero-order valence-electron chi connectivity index (χ0n) is 14.5. The first-order valence-electron chi connectivity index (χ1n) is 8.13. The van der Waals surface area contributed by atoms with Crippen LogP contribution in [0.1, 0.15) is 11.5 Å². The van der Waals surface area contributed by atoms with Crippen molar-refractivity contribution in [2.24, 2.45) is 5.92 Å². The highest BCUT2D eigenvalue weighted by molar-refractivity contribution is 6.53. The Balaban J connectivity index is 1.78. The SMILES string of the molecule is O=C(Nc1ccc(Cl)c(NC(=O)C(F)(F)Cl)c1)C1C(c2cc(Cl)cc(Cl)c2)C1(Cl)Cl. The van der Waals surface area contributed by atoms with E-state index in [1.54, 1.807) is 12.1 Å². The first kappa shape index (κ1) is 23.6. The number of carbonyl (C=O) groups is 2. The van der Waals surface area contributed by atoms with Gasteiger partial charge in [0.25, 0.3) is 0 Å². The lowest BCUT2D eigenvalue weighted by molar-refractivity contribution is -0.130. The topological polar surface area (TPSA) is 58.2 Å². The fraction of sp³-hybridized carbons (Fsp3) is 0.222. The number of nitrogens with one attached hydrogen (secondary N) is 2. The van der Waals surface area contributed by atoms with Crippen LogP contribution in [0, 0.1) is 5.92 Å². The molecule has 1 aliphatic carbocycles. The third-order valence-corrected chi connectivity index (χ3v) is 6.20. The van der Waals surface area contributed by atoms with Crippen LogP contribution in [0.25, 0.3) is 0 Å².